The zero-order valence-corrected chi connectivity index (χ0v) is 14.1. The quantitative estimate of drug-likeness (QED) is 0.900. The fraction of sp³-hybridized carbons (Fsp3) is 0.667. The first-order valence-corrected chi connectivity index (χ1v) is 8.65. The van der Waals surface area contributed by atoms with Crippen molar-refractivity contribution in [2.45, 2.75) is 38.7 Å². The van der Waals surface area contributed by atoms with Crippen molar-refractivity contribution in [3.8, 4) is 0 Å². The topological polar surface area (TPSA) is 56.7 Å². The van der Waals surface area contributed by atoms with Crippen LogP contribution in [-0.2, 0) is 4.79 Å². The first-order chi connectivity index (χ1) is 11.0. The lowest BCUT2D eigenvalue weighted by Crippen LogP contribution is -2.43. The molecule has 1 aliphatic carbocycles. The summed E-state index contributed by atoms with van der Waals surface area (Å²) < 4.78 is 0. The molecule has 0 aromatic carbocycles. The van der Waals surface area contributed by atoms with Crippen LogP contribution in [0.1, 0.15) is 31.2 Å². The Morgan fingerprint density at radius 3 is 2.61 bits per heavy atom. The number of piperidine rings is 1. The van der Waals surface area contributed by atoms with E-state index >= 15 is 0 Å². The van der Waals surface area contributed by atoms with Gasteiger partial charge in [-0.2, -0.15) is 0 Å². The van der Waals surface area contributed by atoms with Crippen molar-refractivity contribution in [3.05, 3.63) is 23.9 Å². The number of aromatic nitrogens is 1. The molecular weight excluding hydrogens is 290 g/mol. The molecule has 1 aromatic rings. The molecule has 1 atom stereocenters. The zero-order chi connectivity index (χ0) is 16.4. The summed E-state index contributed by atoms with van der Waals surface area (Å²) in [7, 11) is 1.82. The van der Waals surface area contributed by atoms with Crippen LogP contribution in [0.3, 0.4) is 0 Å². The van der Waals surface area contributed by atoms with Gasteiger partial charge in [-0.3, -0.25) is 4.79 Å². The van der Waals surface area contributed by atoms with E-state index in [-0.39, 0.29) is 17.9 Å². The maximum Gasteiger partial charge on any atom is 0.225 e. The molecule has 1 saturated heterocycles. The smallest absolute Gasteiger partial charge is 0.225 e. The Morgan fingerprint density at radius 1 is 1.35 bits per heavy atom. The third kappa shape index (κ3) is 4.02. The van der Waals surface area contributed by atoms with Crippen LogP contribution in [0.4, 0.5) is 5.82 Å². The van der Waals surface area contributed by atoms with Gasteiger partial charge >= 0.3 is 0 Å². The third-order valence-corrected chi connectivity index (χ3v) is 5.07. The normalized spacial score (nSPS) is 20.4. The van der Waals surface area contributed by atoms with Gasteiger partial charge in [0, 0.05) is 38.8 Å². The first kappa shape index (κ1) is 16.2. The summed E-state index contributed by atoms with van der Waals surface area (Å²) in [6.07, 6.45) is 5.47. The summed E-state index contributed by atoms with van der Waals surface area (Å²) in [6.45, 7) is 4.24. The minimum atomic E-state index is -0.346. The van der Waals surface area contributed by atoms with Gasteiger partial charge in [-0.15, -0.1) is 0 Å². The molecule has 1 N–H and O–H groups in total. The molecule has 2 heterocycles. The number of aryl methyl sites for hydroxylation is 1. The second-order valence-corrected chi connectivity index (χ2v) is 7.08. The van der Waals surface area contributed by atoms with E-state index in [1.54, 1.807) is 4.90 Å². The Kier molecular flexibility index (Phi) is 4.85. The largest absolute Gasteiger partial charge is 0.391 e. The van der Waals surface area contributed by atoms with Crippen molar-refractivity contribution < 1.29 is 9.90 Å². The van der Waals surface area contributed by atoms with Gasteiger partial charge in [0.2, 0.25) is 5.91 Å². The van der Waals surface area contributed by atoms with Gasteiger partial charge in [-0.25, -0.2) is 4.98 Å². The van der Waals surface area contributed by atoms with Gasteiger partial charge in [-0.1, -0.05) is 6.07 Å². The molecule has 0 radical (unpaired) electrons. The fourth-order valence-electron chi connectivity index (χ4n) is 3.31. The molecule has 3 rings (SSSR count). The van der Waals surface area contributed by atoms with E-state index in [1.807, 2.05) is 20.2 Å². The predicted octanol–water partition coefficient (Wildman–Crippen LogP) is 1.84. The number of anilines is 1. The molecule has 1 aromatic heterocycles. The van der Waals surface area contributed by atoms with Gasteiger partial charge in [-0.05, 0) is 50.2 Å². The Morgan fingerprint density at radius 2 is 2.04 bits per heavy atom. The summed E-state index contributed by atoms with van der Waals surface area (Å²) in [5, 5.41) is 10.0. The number of rotatable bonds is 5. The number of nitrogens with zero attached hydrogens (tertiary/aromatic N) is 3. The van der Waals surface area contributed by atoms with Crippen molar-refractivity contribution in [2.75, 3.05) is 31.6 Å². The van der Waals surface area contributed by atoms with Gasteiger partial charge < -0.3 is 14.9 Å². The van der Waals surface area contributed by atoms with Crippen LogP contribution in [0.25, 0.3) is 0 Å². The van der Waals surface area contributed by atoms with Gasteiger partial charge in [0.1, 0.15) is 5.82 Å². The molecule has 0 bridgehead atoms. The molecule has 1 saturated carbocycles. The number of likely N-dealkylation sites (N-methyl/N-ethyl adjacent to an activating group) is 1. The fourth-order valence-corrected chi connectivity index (χ4v) is 3.31. The number of carbonyl (C=O) groups excluding carboxylic acids is 1. The molecule has 0 spiro atoms. The van der Waals surface area contributed by atoms with Crippen molar-refractivity contribution >= 4 is 11.7 Å². The lowest BCUT2D eigenvalue weighted by molar-refractivity contribution is -0.136. The van der Waals surface area contributed by atoms with Crippen LogP contribution < -0.4 is 4.90 Å². The predicted molar refractivity (Wildman–Crippen MR) is 90.3 cm³/mol. The highest BCUT2D eigenvalue weighted by atomic mass is 16.3. The maximum atomic E-state index is 12.5. The molecule has 126 valence electrons. The minimum absolute atomic E-state index is 0.0769. The lowest BCUT2D eigenvalue weighted by Gasteiger charge is -2.34. The van der Waals surface area contributed by atoms with Crippen LogP contribution in [0.5, 0.6) is 0 Å². The summed E-state index contributed by atoms with van der Waals surface area (Å²) in [6, 6.07) is 4.13. The zero-order valence-electron chi connectivity index (χ0n) is 14.1. The molecule has 5 nitrogen and oxygen atoms in total. The van der Waals surface area contributed by atoms with Crippen LogP contribution in [-0.4, -0.2) is 53.7 Å². The average molecular weight is 317 g/mol. The minimum Gasteiger partial charge on any atom is -0.391 e. The number of hydrogen-bond acceptors (Lipinski definition) is 4. The van der Waals surface area contributed by atoms with E-state index in [9.17, 15) is 9.90 Å². The summed E-state index contributed by atoms with van der Waals surface area (Å²) >= 11 is 0. The van der Waals surface area contributed by atoms with Crippen LogP contribution in [0, 0.1) is 18.8 Å². The Labute approximate surface area is 138 Å². The molecular formula is C18H27N3O2. The molecule has 1 amide bonds. The number of carbonyl (C=O) groups is 1. The molecule has 23 heavy (non-hydrogen) atoms. The summed E-state index contributed by atoms with van der Waals surface area (Å²) in [5.74, 6) is 1.67. The second-order valence-electron chi connectivity index (χ2n) is 7.08. The number of pyridine rings is 1. The van der Waals surface area contributed by atoms with Crippen molar-refractivity contribution in [1.29, 1.82) is 0 Å². The molecule has 5 heteroatoms. The van der Waals surface area contributed by atoms with E-state index in [2.05, 4.69) is 22.0 Å². The molecule has 2 aliphatic rings. The average Bonchev–Trinajstić information content (AvgIpc) is 3.40. The second kappa shape index (κ2) is 6.87. The highest BCUT2D eigenvalue weighted by Crippen LogP contribution is 2.33. The third-order valence-electron chi connectivity index (χ3n) is 5.07. The monoisotopic (exact) mass is 317 g/mol. The summed E-state index contributed by atoms with van der Waals surface area (Å²) in [5.41, 5.74) is 1.16. The molecule has 2 fully saturated rings. The maximum absolute atomic E-state index is 12.5. The number of aliphatic hydroxyl groups excluding tert-OH is 1. The Hall–Kier alpha value is -1.62. The lowest BCUT2D eigenvalue weighted by atomic mass is 9.95. The van der Waals surface area contributed by atoms with Gasteiger partial charge in [0.05, 0.1) is 6.10 Å². The van der Waals surface area contributed by atoms with E-state index in [4.69, 9.17) is 0 Å². The van der Waals surface area contributed by atoms with E-state index in [0.717, 1.165) is 50.2 Å². The Bertz CT molecular complexity index is 534. The van der Waals surface area contributed by atoms with E-state index in [1.165, 1.54) is 0 Å². The van der Waals surface area contributed by atoms with Gasteiger partial charge in [0.25, 0.3) is 0 Å². The van der Waals surface area contributed by atoms with Crippen LogP contribution >= 0.6 is 0 Å². The van der Waals surface area contributed by atoms with E-state index < -0.39 is 0 Å². The SMILES string of the molecule is Cc1ccc(N2CCC(C(=O)N(C)CC(O)C3CC3)CC2)nc1. The first-order valence-electron chi connectivity index (χ1n) is 8.65. The number of aliphatic hydroxyl groups is 1. The molecule has 1 unspecified atom stereocenters. The van der Waals surface area contributed by atoms with Crippen LogP contribution in [0.2, 0.25) is 0 Å². The van der Waals surface area contributed by atoms with Crippen molar-refractivity contribution in [2.24, 2.45) is 11.8 Å². The molecule has 1 aliphatic heterocycles. The highest BCUT2D eigenvalue weighted by molar-refractivity contribution is 5.79. The van der Waals surface area contributed by atoms with Crippen molar-refractivity contribution in [1.82, 2.24) is 9.88 Å². The van der Waals surface area contributed by atoms with Gasteiger partial charge in [0.15, 0.2) is 0 Å². The highest BCUT2D eigenvalue weighted by Gasteiger charge is 2.33. The number of hydrogen-bond donors (Lipinski definition) is 1. The van der Waals surface area contributed by atoms with Crippen LogP contribution in [0.15, 0.2) is 18.3 Å². The summed E-state index contributed by atoms with van der Waals surface area (Å²) in [4.78, 5) is 21.0. The van der Waals surface area contributed by atoms with Crippen molar-refractivity contribution in [3.63, 3.8) is 0 Å². The van der Waals surface area contributed by atoms with E-state index in [0.29, 0.717) is 12.5 Å². The number of amides is 1. The standard InChI is InChI=1S/C18H27N3O2/c1-13-3-6-17(19-11-13)21-9-7-15(8-10-21)18(23)20(2)12-16(22)14-4-5-14/h3,6,11,14-16,22H,4-5,7-10,12H2,1-2H3. The Balaban J connectivity index is 1.49.